The molecule has 0 unspecified atom stereocenters. The van der Waals surface area contributed by atoms with Gasteiger partial charge in [-0.25, -0.2) is 0 Å². The maximum absolute atomic E-state index is 13.4. The molecule has 2 amide bonds. The third-order valence-electron chi connectivity index (χ3n) is 6.88. The summed E-state index contributed by atoms with van der Waals surface area (Å²) < 4.78 is 11.1. The maximum Gasteiger partial charge on any atom is 0.226 e. The van der Waals surface area contributed by atoms with Crippen LogP contribution in [-0.2, 0) is 20.7 Å². The van der Waals surface area contributed by atoms with Crippen LogP contribution in [0.3, 0.4) is 0 Å². The SMILES string of the molecule is COc1ccccc1-c1cccc(CC2(C(=O)NCCCN3CCCC3=O)CCOCC2)c1. The summed E-state index contributed by atoms with van der Waals surface area (Å²) in [4.78, 5) is 27.1. The van der Waals surface area contributed by atoms with Gasteiger partial charge in [-0.2, -0.15) is 0 Å². The van der Waals surface area contributed by atoms with Crippen molar-refractivity contribution in [1.29, 1.82) is 0 Å². The van der Waals surface area contributed by atoms with Gasteiger partial charge in [0.1, 0.15) is 5.75 Å². The molecule has 2 aliphatic heterocycles. The van der Waals surface area contributed by atoms with Crippen molar-refractivity contribution in [3.05, 3.63) is 54.1 Å². The summed E-state index contributed by atoms with van der Waals surface area (Å²) in [6.45, 7) is 3.35. The lowest BCUT2D eigenvalue weighted by Crippen LogP contribution is -2.46. The minimum atomic E-state index is -0.471. The fourth-order valence-corrected chi connectivity index (χ4v) is 4.97. The summed E-state index contributed by atoms with van der Waals surface area (Å²) >= 11 is 0. The van der Waals surface area contributed by atoms with Crippen LogP contribution < -0.4 is 10.1 Å². The van der Waals surface area contributed by atoms with Gasteiger partial charge in [0.05, 0.1) is 12.5 Å². The van der Waals surface area contributed by atoms with Gasteiger partial charge in [0.25, 0.3) is 0 Å². The summed E-state index contributed by atoms with van der Waals surface area (Å²) in [6.07, 6.45) is 4.49. The number of para-hydroxylation sites is 1. The predicted octanol–water partition coefficient (Wildman–Crippen LogP) is 3.83. The first kappa shape index (κ1) is 23.3. The van der Waals surface area contributed by atoms with E-state index in [9.17, 15) is 9.59 Å². The number of nitrogens with zero attached hydrogens (tertiary/aromatic N) is 1. The van der Waals surface area contributed by atoms with Gasteiger partial charge in [-0.05, 0) is 49.3 Å². The number of ether oxygens (including phenoxy) is 2. The lowest BCUT2D eigenvalue weighted by Gasteiger charge is -2.36. The molecule has 0 atom stereocenters. The van der Waals surface area contributed by atoms with Crippen molar-refractivity contribution in [3.8, 4) is 16.9 Å². The van der Waals surface area contributed by atoms with Crippen LogP contribution in [0, 0.1) is 5.41 Å². The zero-order chi connectivity index (χ0) is 23.1. The van der Waals surface area contributed by atoms with Crippen molar-refractivity contribution >= 4 is 11.8 Å². The molecule has 176 valence electrons. The van der Waals surface area contributed by atoms with Crippen LogP contribution in [0.1, 0.15) is 37.7 Å². The molecule has 0 aromatic heterocycles. The number of likely N-dealkylation sites (tertiary alicyclic amines) is 1. The summed E-state index contributed by atoms with van der Waals surface area (Å²) in [5.41, 5.74) is 2.80. The number of methoxy groups -OCH3 is 1. The Morgan fingerprint density at radius 1 is 1.15 bits per heavy atom. The molecular weight excluding hydrogens is 416 g/mol. The quantitative estimate of drug-likeness (QED) is 0.590. The minimum absolute atomic E-state index is 0.0984. The Labute approximate surface area is 196 Å². The van der Waals surface area contributed by atoms with Crippen LogP contribution in [0.15, 0.2) is 48.5 Å². The van der Waals surface area contributed by atoms with Crippen molar-refractivity contribution in [1.82, 2.24) is 10.2 Å². The van der Waals surface area contributed by atoms with E-state index in [-0.39, 0.29) is 11.8 Å². The first-order valence-electron chi connectivity index (χ1n) is 12.0. The Kier molecular flexibility index (Phi) is 7.65. The van der Waals surface area contributed by atoms with Crippen LogP contribution in [0.4, 0.5) is 0 Å². The number of amides is 2. The molecule has 0 saturated carbocycles. The molecule has 0 aliphatic carbocycles. The number of carbonyl (C=O) groups is 2. The highest BCUT2D eigenvalue weighted by molar-refractivity contribution is 5.83. The van der Waals surface area contributed by atoms with E-state index in [0.717, 1.165) is 48.4 Å². The van der Waals surface area contributed by atoms with Gasteiger partial charge in [0.2, 0.25) is 11.8 Å². The van der Waals surface area contributed by atoms with E-state index in [1.54, 1.807) is 7.11 Å². The molecule has 0 spiro atoms. The highest BCUT2D eigenvalue weighted by Gasteiger charge is 2.40. The number of hydrogen-bond donors (Lipinski definition) is 1. The maximum atomic E-state index is 13.4. The van der Waals surface area contributed by atoms with Gasteiger partial charge >= 0.3 is 0 Å². The monoisotopic (exact) mass is 450 g/mol. The van der Waals surface area contributed by atoms with E-state index in [1.165, 1.54) is 0 Å². The Morgan fingerprint density at radius 3 is 2.73 bits per heavy atom. The summed E-state index contributed by atoms with van der Waals surface area (Å²) in [6, 6.07) is 16.4. The van der Waals surface area contributed by atoms with Crippen molar-refractivity contribution < 1.29 is 19.1 Å². The van der Waals surface area contributed by atoms with Crippen molar-refractivity contribution in [2.75, 3.05) is 40.0 Å². The average molecular weight is 451 g/mol. The molecule has 2 aromatic rings. The van der Waals surface area contributed by atoms with E-state index >= 15 is 0 Å². The molecule has 2 saturated heterocycles. The molecule has 33 heavy (non-hydrogen) atoms. The summed E-state index contributed by atoms with van der Waals surface area (Å²) in [7, 11) is 1.68. The van der Waals surface area contributed by atoms with Gasteiger partial charge < -0.3 is 19.7 Å². The molecule has 6 heteroatoms. The second kappa shape index (κ2) is 10.8. The predicted molar refractivity (Wildman–Crippen MR) is 128 cm³/mol. The molecule has 6 nitrogen and oxygen atoms in total. The van der Waals surface area contributed by atoms with Gasteiger partial charge in [-0.15, -0.1) is 0 Å². The zero-order valence-electron chi connectivity index (χ0n) is 19.5. The van der Waals surface area contributed by atoms with E-state index < -0.39 is 5.41 Å². The largest absolute Gasteiger partial charge is 0.496 e. The Hall–Kier alpha value is -2.86. The number of carbonyl (C=O) groups excluding carboxylic acids is 2. The second-order valence-corrected chi connectivity index (χ2v) is 9.06. The topological polar surface area (TPSA) is 67.9 Å². The van der Waals surface area contributed by atoms with Gasteiger partial charge in [-0.3, -0.25) is 9.59 Å². The lowest BCUT2D eigenvalue weighted by atomic mass is 9.74. The third-order valence-corrected chi connectivity index (χ3v) is 6.88. The molecule has 2 aromatic carbocycles. The summed E-state index contributed by atoms with van der Waals surface area (Å²) in [5.74, 6) is 1.17. The van der Waals surface area contributed by atoms with E-state index in [0.29, 0.717) is 45.4 Å². The van der Waals surface area contributed by atoms with Crippen LogP contribution >= 0.6 is 0 Å². The smallest absolute Gasteiger partial charge is 0.226 e. The molecule has 2 aliphatic rings. The Morgan fingerprint density at radius 2 is 1.97 bits per heavy atom. The fraction of sp³-hybridized carbons (Fsp3) is 0.481. The molecular formula is C27H34N2O4. The fourth-order valence-electron chi connectivity index (χ4n) is 4.97. The highest BCUT2D eigenvalue weighted by atomic mass is 16.5. The third kappa shape index (κ3) is 5.56. The van der Waals surface area contributed by atoms with Gasteiger partial charge in [0, 0.05) is 44.8 Å². The molecule has 2 heterocycles. The van der Waals surface area contributed by atoms with Crippen LogP contribution in [-0.4, -0.2) is 56.7 Å². The van der Waals surface area contributed by atoms with Crippen molar-refractivity contribution in [3.63, 3.8) is 0 Å². The van der Waals surface area contributed by atoms with Gasteiger partial charge in [0.15, 0.2) is 0 Å². The number of nitrogens with one attached hydrogen (secondary N) is 1. The number of benzene rings is 2. The number of hydrogen-bond acceptors (Lipinski definition) is 4. The van der Waals surface area contributed by atoms with Crippen LogP contribution in [0.2, 0.25) is 0 Å². The number of rotatable bonds is 9. The van der Waals surface area contributed by atoms with E-state index in [2.05, 4.69) is 35.6 Å². The average Bonchev–Trinajstić information content (AvgIpc) is 3.26. The zero-order valence-corrected chi connectivity index (χ0v) is 19.5. The van der Waals surface area contributed by atoms with E-state index in [1.807, 2.05) is 23.1 Å². The standard InChI is InChI=1S/C27H34N2O4/c1-32-24-10-3-2-9-23(24)22-8-4-7-21(19-22)20-27(12-17-33-18-13-27)26(31)28-14-6-16-29-15-5-11-25(29)30/h2-4,7-10,19H,5-6,11-18,20H2,1H3,(H,28,31). The van der Waals surface area contributed by atoms with E-state index in [4.69, 9.17) is 9.47 Å². The molecule has 1 N–H and O–H groups in total. The van der Waals surface area contributed by atoms with Crippen molar-refractivity contribution in [2.45, 2.75) is 38.5 Å². The first-order chi connectivity index (χ1) is 16.1. The molecule has 0 radical (unpaired) electrons. The lowest BCUT2D eigenvalue weighted by molar-refractivity contribution is -0.136. The first-order valence-corrected chi connectivity index (χ1v) is 12.0. The Balaban J connectivity index is 1.44. The van der Waals surface area contributed by atoms with Gasteiger partial charge in [-0.1, -0.05) is 42.5 Å². The Bertz CT molecular complexity index is 968. The molecule has 4 rings (SSSR count). The summed E-state index contributed by atoms with van der Waals surface area (Å²) in [5, 5.41) is 3.16. The molecule has 0 bridgehead atoms. The van der Waals surface area contributed by atoms with Crippen LogP contribution in [0.25, 0.3) is 11.1 Å². The minimum Gasteiger partial charge on any atom is -0.496 e. The second-order valence-electron chi connectivity index (χ2n) is 9.06. The van der Waals surface area contributed by atoms with Crippen molar-refractivity contribution in [2.24, 2.45) is 5.41 Å². The molecule has 2 fully saturated rings. The highest BCUT2D eigenvalue weighted by Crippen LogP contribution is 2.36. The van der Waals surface area contributed by atoms with Crippen LogP contribution in [0.5, 0.6) is 5.75 Å². The normalized spacial score (nSPS) is 17.7.